The number of allylic oxidation sites excluding steroid dienone is 1. The van der Waals surface area contributed by atoms with E-state index in [0.717, 1.165) is 79.3 Å². The first-order valence-corrected chi connectivity index (χ1v) is 15.4. The molecule has 0 atom stereocenters. The molecule has 0 radical (unpaired) electrons. The predicted octanol–water partition coefficient (Wildman–Crippen LogP) is 3.56. The molecule has 11 nitrogen and oxygen atoms in total. The summed E-state index contributed by atoms with van der Waals surface area (Å²) in [5, 5.41) is 8.19. The van der Waals surface area contributed by atoms with Gasteiger partial charge < -0.3 is 29.7 Å². The number of rotatable bonds is 11. The number of methoxy groups -OCH3 is 1. The molecule has 4 heterocycles. The fourth-order valence-corrected chi connectivity index (χ4v) is 6.57. The van der Waals surface area contributed by atoms with Crippen molar-refractivity contribution in [3.05, 3.63) is 63.8 Å². The van der Waals surface area contributed by atoms with E-state index < -0.39 is 0 Å². The summed E-state index contributed by atoms with van der Waals surface area (Å²) < 4.78 is 16.8. The molecule has 0 bridgehead atoms. The van der Waals surface area contributed by atoms with Gasteiger partial charge in [0, 0.05) is 68.7 Å². The lowest BCUT2D eigenvalue weighted by atomic mass is 10.1. The summed E-state index contributed by atoms with van der Waals surface area (Å²) >= 11 is 1.67. The zero-order valence-corrected chi connectivity index (χ0v) is 26.0. The van der Waals surface area contributed by atoms with Gasteiger partial charge in [-0.15, -0.1) is 11.3 Å². The molecular weight excluding hydrogens is 566 g/mol. The van der Waals surface area contributed by atoms with E-state index in [1.165, 1.54) is 4.88 Å². The zero-order chi connectivity index (χ0) is 30.3. The number of aromatic nitrogens is 2. The van der Waals surface area contributed by atoms with Gasteiger partial charge >= 0.3 is 0 Å². The molecule has 0 amide bonds. The van der Waals surface area contributed by atoms with E-state index in [-0.39, 0.29) is 12.7 Å². The first-order valence-electron chi connectivity index (χ1n) is 14.6. The van der Waals surface area contributed by atoms with Gasteiger partial charge in [-0.3, -0.25) is 14.8 Å². The second kappa shape index (κ2) is 14.2. The van der Waals surface area contributed by atoms with Crippen LogP contribution in [-0.2, 0) is 25.5 Å². The minimum absolute atomic E-state index is 0.0396. The first-order chi connectivity index (χ1) is 20.9. The number of fused-ring (bicyclic) bond motifs is 1. The Balaban J connectivity index is 1.33. The van der Waals surface area contributed by atoms with Gasteiger partial charge in [-0.1, -0.05) is 18.7 Å². The maximum atomic E-state index is 12.0. The number of aldehydes is 1. The number of nitrogens with zero attached hydrogens (tertiary/aromatic N) is 5. The highest BCUT2D eigenvalue weighted by Crippen LogP contribution is 2.31. The summed E-state index contributed by atoms with van der Waals surface area (Å²) in [5.74, 6) is 1.40. The van der Waals surface area contributed by atoms with Crippen molar-refractivity contribution in [3.63, 3.8) is 0 Å². The minimum atomic E-state index is -0.0396. The Hall–Kier alpha value is -3.71. The number of morpholine rings is 1. The summed E-state index contributed by atoms with van der Waals surface area (Å²) in [6.07, 6.45) is 2.65. The van der Waals surface area contributed by atoms with Crippen LogP contribution >= 0.6 is 11.3 Å². The zero-order valence-electron chi connectivity index (χ0n) is 25.2. The van der Waals surface area contributed by atoms with Crippen molar-refractivity contribution in [2.75, 3.05) is 71.9 Å². The Morgan fingerprint density at radius 2 is 1.98 bits per heavy atom. The third-order valence-electron chi connectivity index (χ3n) is 7.51. The van der Waals surface area contributed by atoms with Gasteiger partial charge in [-0.2, -0.15) is 5.10 Å². The van der Waals surface area contributed by atoms with Crippen molar-refractivity contribution in [1.29, 1.82) is 0 Å². The van der Waals surface area contributed by atoms with Crippen LogP contribution in [0.25, 0.3) is 16.6 Å². The molecule has 5 rings (SSSR count). The number of aliphatic imine (C=N–C) groups is 1. The van der Waals surface area contributed by atoms with Crippen molar-refractivity contribution >= 4 is 45.7 Å². The van der Waals surface area contributed by atoms with Crippen LogP contribution in [0, 0.1) is 0 Å². The van der Waals surface area contributed by atoms with Gasteiger partial charge in [0.1, 0.15) is 23.9 Å². The summed E-state index contributed by atoms with van der Waals surface area (Å²) in [5.41, 5.74) is 10.5. The van der Waals surface area contributed by atoms with Crippen LogP contribution in [0.2, 0.25) is 0 Å². The number of ether oxygens (including phenoxy) is 3. The summed E-state index contributed by atoms with van der Waals surface area (Å²) in [6, 6.07) is 8.04. The Morgan fingerprint density at radius 3 is 2.67 bits per heavy atom. The van der Waals surface area contributed by atoms with Crippen LogP contribution in [0.4, 0.5) is 5.69 Å². The maximum Gasteiger partial charge on any atom is 0.169 e. The van der Waals surface area contributed by atoms with E-state index in [4.69, 9.17) is 24.9 Å². The molecule has 2 fully saturated rings. The van der Waals surface area contributed by atoms with E-state index in [1.54, 1.807) is 24.6 Å². The van der Waals surface area contributed by atoms with E-state index in [0.29, 0.717) is 36.1 Å². The van der Waals surface area contributed by atoms with Gasteiger partial charge in [0.15, 0.2) is 6.29 Å². The summed E-state index contributed by atoms with van der Waals surface area (Å²) in [4.78, 5) is 25.9. The number of piperazine rings is 1. The molecule has 12 heteroatoms. The molecule has 0 unspecified atom stereocenters. The smallest absolute Gasteiger partial charge is 0.169 e. The second-order valence-corrected chi connectivity index (χ2v) is 12.0. The summed E-state index contributed by atoms with van der Waals surface area (Å²) in [6.45, 7) is 15.0. The number of hydrogen-bond acceptors (Lipinski definition) is 10. The predicted molar refractivity (Wildman–Crippen MR) is 171 cm³/mol. The fraction of sp³-hybridized carbons (Fsp3) is 0.452. The maximum absolute atomic E-state index is 12.0. The van der Waals surface area contributed by atoms with Crippen molar-refractivity contribution in [2.45, 2.75) is 26.5 Å². The molecule has 230 valence electrons. The van der Waals surface area contributed by atoms with Crippen LogP contribution < -0.4 is 5.73 Å². The minimum Gasteiger partial charge on any atom is -0.491 e. The Bertz CT molecular complexity index is 1480. The third-order valence-corrected chi connectivity index (χ3v) is 8.64. The van der Waals surface area contributed by atoms with Gasteiger partial charge in [0.05, 0.1) is 47.3 Å². The largest absolute Gasteiger partial charge is 0.491 e. The van der Waals surface area contributed by atoms with Crippen LogP contribution in [0.5, 0.6) is 0 Å². The topological polar surface area (TPSA) is 122 Å². The molecular formula is C31H41N7O4S. The van der Waals surface area contributed by atoms with Crippen LogP contribution in [0.3, 0.4) is 0 Å². The van der Waals surface area contributed by atoms with E-state index in [2.05, 4.69) is 37.5 Å². The SMILES string of the molecule is C=C(N=C(c1sc(CN2CCN(/C(C=O)=C(/COC)OC(C)C)CC2)cc1N)N1CCOCC1)c1cccc2[nH]ncc12. The third kappa shape index (κ3) is 7.27. The lowest BCUT2D eigenvalue weighted by molar-refractivity contribution is -0.107. The number of nitrogens with one attached hydrogen (secondary N) is 1. The molecule has 3 N–H and O–H groups in total. The van der Waals surface area contributed by atoms with E-state index in [1.807, 2.05) is 32.0 Å². The number of carbonyl (C=O) groups is 1. The van der Waals surface area contributed by atoms with Gasteiger partial charge in [0.25, 0.3) is 0 Å². The second-order valence-electron chi connectivity index (χ2n) is 10.9. The number of thiophene rings is 1. The molecule has 2 aromatic heterocycles. The first kappa shape index (κ1) is 30.7. The van der Waals surface area contributed by atoms with E-state index >= 15 is 0 Å². The molecule has 3 aromatic rings. The molecule has 2 saturated heterocycles. The molecule has 0 spiro atoms. The molecule has 0 saturated carbocycles. The summed E-state index contributed by atoms with van der Waals surface area (Å²) in [7, 11) is 1.61. The molecule has 2 aliphatic rings. The van der Waals surface area contributed by atoms with Gasteiger partial charge in [-0.05, 0) is 26.0 Å². The van der Waals surface area contributed by atoms with Crippen LogP contribution in [-0.4, -0.2) is 109 Å². The van der Waals surface area contributed by atoms with Crippen molar-refractivity contribution in [3.8, 4) is 0 Å². The highest BCUT2D eigenvalue weighted by molar-refractivity contribution is 7.14. The number of amidine groups is 1. The lowest BCUT2D eigenvalue weighted by Gasteiger charge is -2.36. The average Bonchev–Trinajstić information content (AvgIpc) is 3.63. The lowest BCUT2D eigenvalue weighted by Crippen LogP contribution is -2.46. The standard InChI is InChI=1S/C31H41N7O4S/c1-21(2)42-29(20-40-4)28(19-39)37-10-8-36(9-11-37)18-23-16-26(32)30(43-23)31(38-12-14-41-15-13-38)34-22(3)24-6-5-7-27-25(24)17-33-35-27/h5-7,16-17,19,21H,3,8-15,18,20,32H2,1-2,4H3,(H,33,35)/b29-28-,34-31?. The van der Waals surface area contributed by atoms with Crippen molar-refractivity contribution in [2.24, 2.45) is 4.99 Å². The fourth-order valence-electron chi connectivity index (χ4n) is 5.43. The Labute approximate surface area is 256 Å². The highest BCUT2D eigenvalue weighted by Gasteiger charge is 2.25. The number of hydrogen-bond donors (Lipinski definition) is 2. The van der Waals surface area contributed by atoms with Crippen molar-refractivity contribution < 1.29 is 19.0 Å². The average molecular weight is 608 g/mol. The quantitative estimate of drug-likeness (QED) is 0.111. The van der Waals surface area contributed by atoms with Crippen LogP contribution in [0.15, 0.2) is 53.5 Å². The number of benzene rings is 1. The van der Waals surface area contributed by atoms with Gasteiger partial charge in [0.2, 0.25) is 0 Å². The highest BCUT2D eigenvalue weighted by atomic mass is 32.1. The molecule has 0 aliphatic carbocycles. The van der Waals surface area contributed by atoms with Crippen LogP contribution in [0.1, 0.15) is 29.2 Å². The Kier molecular flexibility index (Phi) is 10.1. The monoisotopic (exact) mass is 607 g/mol. The number of carbonyl (C=O) groups excluding carboxylic acids is 1. The number of nitrogens with two attached hydrogens (primary N) is 1. The number of nitrogen functional groups attached to an aromatic ring is 1. The number of anilines is 1. The normalized spacial score (nSPS) is 17.4. The number of aromatic amines is 1. The van der Waals surface area contributed by atoms with Crippen molar-refractivity contribution in [1.82, 2.24) is 24.9 Å². The Morgan fingerprint density at radius 1 is 1.21 bits per heavy atom. The van der Waals surface area contributed by atoms with Gasteiger partial charge in [-0.25, -0.2) is 4.99 Å². The van der Waals surface area contributed by atoms with E-state index in [9.17, 15) is 4.79 Å². The molecule has 43 heavy (non-hydrogen) atoms. The number of H-pyrrole nitrogens is 1. The molecule has 2 aliphatic heterocycles. The molecule has 1 aromatic carbocycles.